The highest BCUT2D eigenvalue weighted by molar-refractivity contribution is 6.24. The van der Waals surface area contributed by atoms with E-state index in [-0.39, 0.29) is 67.0 Å². The van der Waals surface area contributed by atoms with Crippen molar-refractivity contribution in [1.29, 1.82) is 0 Å². The number of piperazine rings is 1. The summed E-state index contributed by atoms with van der Waals surface area (Å²) in [5.41, 5.74) is 0.775. The number of imide groups is 2. The van der Waals surface area contributed by atoms with Crippen LogP contribution < -0.4 is 41.0 Å². The third-order valence-electron chi connectivity index (χ3n) is 10.3. The lowest BCUT2D eigenvalue weighted by molar-refractivity contribution is -0.138. The maximum atomic E-state index is 14.0. The SMILES string of the molecule is C=CC(=O)Nc1cccc(Nc2nc(Nc3ccc(N4CCN(CC(=O)NCCOc5cccc6c5C(=O)N(C5CCC(=O)NC5=O)C6=O)CC4)cc3OC)ncc2C(F)(F)F)c1. The number of fused-ring (bicyclic) bond motifs is 1. The average Bonchev–Trinajstić information content (AvgIpc) is 3.51. The second-order valence-electron chi connectivity index (χ2n) is 14.4. The van der Waals surface area contributed by atoms with Crippen LogP contribution in [0, 0.1) is 0 Å². The third kappa shape index (κ3) is 9.99. The Hall–Kier alpha value is -7.55. The molecule has 0 radical (unpaired) electrons. The molecule has 0 spiro atoms. The van der Waals surface area contributed by atoms with Crippen LogP contribution in [0.2, 0.25) is 0 Å². The molecule has 4 heterocycles. The summed E-state index contributed by atoms with van der Waals surface area (Å²) >= 11 is 0. The highest BCUT2D eigenvalue weighted by Gasteiger charge is 2.46. The van der Waals surface area contributed by atoms with Crippen LogP contribution in [0.15, 0.2) is 79.5 Å². The van der Waals surface area contributed by atoms with Gasteiger partial charge in [0.1, 0.15) is 35.5 Å². The van der Waals surface area contributed by atoms with Crippen LogP contribution >= 0.6 is 0 Å². The summed E-state index contributed by atoms with van der Waals surface area (Å²) in [6, 6.07) is 14.8. The topological polar surface area (TPSA) is 217 Å². The van der Waals surface area contributed by atoms with Crippen LogP contribution in [-0.2, 0) is 25.4 Å². The first-order valence-electron chi connectivity index (χ1n) is 19.6. The molecule has 21 heteroatoms. The summed E-state index contributed by atoms with van der Waals surface area (Å²) in [6.45, 7) is 5.88. The van der Waals surface area contributed by atoms with Gasteiger partial charge >= 0.3 is 6.18 Å². The average molecular weight is 871 g/mol. The Morgan fingerprint density at radius 3 is 2.44 bits per heavy atom. The number of carbonyl (C=O) groups excluding carboxylic acids is 6. The van der Waals surface area contributed by atoms with E-state index in [2.05, 4.69) is 48.0 Å². The fraction of sp³-hybridized carbons (Fsp3) is 0.286. The molecule has 4 aromatic rings. The van der Waals surface area contributed by atoms with Gasteiger partial charge in [0.25, 0.3) is 11.8 Å². The predicted molar refractivity (Wildman–Crippen MR) is 222 cm³/mol. The first-order valence-corrected chi connectivity index (χ1v) is 19.6. The van der Waals surface area contributed by atoms with Crippen molar-refractivity contribution in [2.75, 3.05) is 73.8 Å². The van der Waals surface area contributed by atoms with Gasteiger partial charge in [-0.25, -0.2) is 4.98 Å². The van der Waals surface area contributed by atoms with E-state index in [9.17, 15) is 41.9 Å². The van der Waals surface area contributed by atoms with Crippen LogP contribution in [-0.4, -0.2) is 114 Å². The minimum absolute atomic E-state index is 0.000904. The number of benzene rings is 3. The highest BCUT2D eigenvalue weighted by Crippen LogP contribution is 2.38. The van der Waals surface area contributed by atoms with Crippen LogP contribution in [0.3, 0.4) is 0 Å². The molecule has 18 nitrogen and oxygen atoms in total. The maximum absolute atomic E-state index is 14.0. The number of methoxy groups -OCH3 is 1. The summed E-state index contributed by atoms with van der Waals surface area (Å²) < 4.78 is 53.3. The van der Waals surface area contributed by atoms with Gasteiger partial charge in [0.2, 0.25) is 29.6 Å². The van der Waals surface area contributed by atoms with Crippen LogP contribution in [0.5, 0.6) is 11.5 Å². The molecule has 3 aliphatic rings. The Labute approximate surface area is 357 Å². The molecule has 2 fully saturated rings. The maximum Gasteiger partial charge on any atom is 0.421 e. The molecule has 328 valence electrons. The second-order valence-corrected chi connectivity index (χ2v) is 14.4. The monoisotopic (exact) mass is 870 g/mol. The molecule has 3 aliphatic heterocycles. The fourth-order valence-electron chi connectivity index (χ4n) is 7.23. The molecule has 7 rings (SSSR count). The van der Waals surface area contributed by atoms with E-state index in [1.807, 2.05) is 11.0 Å². The molecule has 63 heavy (non-hydrogen) atoms. The second kappa shape index (κ2) is 18.6. The lowest BCUT2D eigenvalue weighted by Crippen LogP contribution is -2.54. The van der Waals surface area contributed by atoms with Crippen molar-refractivity contribution >= 4 is 70.0 Å². The van der Waals surface area contributed by atoms with Crippen LogP contribution in [0.25, 0.3) is 0 Å². The molecule has 0 aliphatic carbocycles. The summed E-state index contributed by atoms with van der Waals surface area (Å²) in [4.78, 5) is 87.9. The van der Waals surface area contributed by atoms with E-state index < -0.39 is 53.1 Å². The first kappa shape index (κ1) is 43.5. The molecule has 0 saturated carbocycles. The molecule has 1 aromatic heterocycles. The zero-order valence-corrected chi connectivity index (χ0v) is 33.7. The standard InChI is InChI=1S/C42H41F3N10O8/c1-3-33(56)48-24-6-4-7-25(20-24)49-37-28(42(43,44)45)22-47-41(52-37)50-29-11-10-26(21-32(29)62-2)54-17-15-53(16-18-54)23-35(58)46-14-19-63-31-9-5-8-27-36(31)40(61)55(39(27)60)30-12-13-34(57)51-38(30)59/h3-11,20-22,30H,1,12-19,23H2,2H3,(H,46,58)(H,48,56)(H,51,57,59)(H2,47,49,50,52). The molecule has 1 atom stereocenters. The molecule has 2 saturated heterocycles. The molecular weight excluding hydrogens is 830 g/mol. The lowest BCUT2D eigenvalue weighted by Gasteiger charge is -2.36. The number of nitrogens with zero attached hydrogens (tertiary/aromatic N) is 5. The number of piperidine rings is 1. The highest BCUT2D eigenvalue weighted by atomic mass is 19.4. The van der Waals surface area contributed by atoms with Gasteiger partial charge in [-0.05, 0) is 55.0 Å². The number of amides is 6. The Kier molecular flexibility index (Phi) is 12.9. The Morgan fingerprint density at radius 2 is 1.71 bits per heavy atom. The van der Waals surface area contributed by atoms with E-state index in [1.165, 1.54) is 31.4 Å². The van der Waals surface area contributed by atoms with E-state index in [4.69, 9.17) is 9.47 Å². The van der Waals surface area contributed by atoms with Gasteiger partial charge in [-0.1, -0.05) is 18.7 Å². The third-order valence-corrected chi connectivity index (χ3v) is 10.3. The van der Waals surface area contributed by atoms with Crippen LogP contribution in [0.4, 0.5) is 47.7 Å². The number of ether oxygens (including phenoxy) is 2. The number of alkyl halides is 3. The lowest BCUT2D eigenvalue weighted by atomic mass is 10.0. The van der Waals surface area contributed by atoms with Crippen molar-refractivity contribution in [3.8, 4) is 11.5 Å². The summed E-state index contributed by atoms with van der Waals surface area (Å²) in [5, 5.41) is 13.1. The predicted octanol–water partition coefficient (Wildman–Crippen LogP) is 3.83. The molecule has 5 N–H and O–H groups in total. The normalized spacial score (nSPS) is 16.5. The number of nitrogens with one attached hydrogen (secondary N) is 5. The summed E-state index contributed by atoms with van der Waals surface area (Å²) in [6.07, 6.45) is -3.01. The van der Waals surface area contributed by atoms with E-state index >= 15 is 0 Å². The van der Waals surface area contributed by atoms with Gasteiger partial charge in [-0.15, -0.1) is 0 Å². The van der Waals surface area contributed by atoms with Crippen molar-refractivity contribution in [3.63, 3.8) is 0 Å². The molecule has 0 bridgehead atoms. The Bertz CT molecular complexity index is 2480. The quantitative estimate of drug-likeness (QED) is 0.0653. The van der Waals surface area contributed by atoms with Crippen molar-refractivity contribution < 1.29 is 51.4 Å². The number of aromatic nitrogens is 2. The number of carbonyl (C=O) groups is 6. The molecule has 6 amide bonds. The Balaban J connectivity index is 0.899. The van der Waals surface area contributed by atoms with E-state index in [0.29, 0.717) is 49.5 Å². The van der Waals surface area contributed by atoms with Crippen molar-refractivity contribution in [1.82, 2.24) is 30.4 Å². The van der Waals surface area contributed by atoms with E-state index in [0.717, 1.165) is 16.7 Å². The van der Waals surface area contributed by atoms with Crippen LogP contribution in [0.1, 0.15) is 39.1 Å². The number of halogens is 3. The van der Waals surface area contributed by atoms with Gasteiger partial charge in [-0.3, -0.25) is 43.9 Å². The number of hydrogen-bond donors (Lipinski definition) is 5. The smallest absolute Gasteiger partial charge is 0.421 e. The van der Waals surface area contributed by atoms with Crippen molar-refractivity contribution in [3.05, 3.63) is 96.2 Å². The molecular formula is C42H41F3N10O8. The molecule has 3 aromatic carbocycles. The van der Waals surface area contributed by atoms with Gasteiger partial charge < -0.3 is 35.6 Å². The minimum atomic E-state index is -4.78. The fourth-order valence-corrected chi connectivity index (χ4v) is 7.23. The van der Waals surface area contributed by atoms with Gasteiger partial charge in [0.05, 0.1) is 37.0 Å². The Morgan fingerprint density at radius 1 is 0.952 bits per heavy atom. The zero-order valence-electron chi connectivity index (χ0n) is 33.7. The van der Waals surface area contributed by atoms with Crippen molar-refractivity contribution in [2.45, 2.75) is 25.1 Å². The van der Waals surface area contributed by atoms with Gasteiger partial charge in [-0.2, -0.15) is 18.2 Å². The number of rotatable bonds is 15. The number of hydrogen-bond acceptors (Lipinski definition) is 14. The van der Waals surface area contributed by atoms with Crippen molar-refractivity contribution in [2.24, 2.45) is 0 Å². The largest absolute Gasteiger partial charge is 0.494 e. The minimum Gasteiger partial charge on any atom is -0.494 e. The number of anilines is 6. The summed E-state index contributed by atoms with van der Waals surface area (Å²) in [7, 11) is 1.45. The van der Waals surface area contributed by atoms with Gasteiger partial charge in [0.15, 0.2) is 0 Å². The zero-order chi connectivity index (χ0) is 44.8. The van der Waals surface area contributed by atoms with Gasteiger partial charge in [0, 0.05) is 61.9 Å². The molecule has 1 unspecified atom stereocenters. The van der Waals surface area contributed by atoms with E-state index in [1.54, 1.807) is 30.3 Å². The first-order chi connectivity index (χ1) is 30.2. The summed E-state index contributed by atoms with van der Waals surface area (Å²) in [5.74, 6) is -3.39.